The molecule has 0 bridgehead atoms. The lowest BCUT2D eigenvalue weighted by atomic mass is 9.66. The van der Waals surface area contributed by atoms with E-state index in [-0.39, 0.29) is 6.10 Å². The molecule has 1 N–H and O–H groups in total. The summed E-state index contributed by atoms with van der Waals surface area (Å²) in [4.78, 5) is 0. The molecule has 0 amide bonds. The van der Waals surface area contributed by atoms with Crippen LogP contribution in [0.5, 0.6) is 0 Å². The Morgan fingerprint density at radius 3 is 2.72 bits per heavy atom. The maximum absolute atomic E-state index is 10.4. The van der Waals surface area contributed by atoms with Gasteiger partial charge in [0.2, 0.25) is 0 Å². The van der Waals surface area contributed by atoms with E-state index in [4.69, 9.17) is 4.74 Å². The Bertz CT molecular complexity index is 243. The summed E-state index contributed by atoms with van der Waals surface area (Å²) in [5.41, 5.74) is 0.335. The van der Waals surface area contributed by atoms with Gasteiger partial charge >= 0.3 is 0 Å². The molecule has 2 fully saturated rings. The Balaban J connectivity index is 1.71. The largest absolute Gasteiger partial charge is 0.393 e. The molecule has 0 radical (unpaired) electrons. The molecule has 1 heterocycles. The van der Waals surface area contributed by atoms with Crippen LogP contribution in [-0.4, -0.2) is 23.9 Å². The Morgan fingerprint density at radius 1 is 1.22 bits per heavy atom. The van der Waals surface area contributed by atoms with Gasteiger partial charge in [0.1, 0.15) is 0 Å². The highest BCUT2D eigenvalue weighted by molar-refractivity contribution is 4.87. The minimum atomic E-state index is -0.0956. The van der Waals surface area contributed by atoms with Crippen molar-refractivity contribution in [2.24, 2.45) is 11.3 Å². The van der Waals surface area contributed by atoms with Crippen LogP contribution in [0, 0.1) is 11.3 Å². The van der Waals surface area contributed by atoms with Crippen molar-refractivity contribution in [3.63, 3.8) is 0 Å². The molecule has 18 heavy (non-hydrogen) atoms. The highest BCUT2D eigenvalue weighted by Crippen LogP contribution is 2.43. The summed E-state index contributed by atoms with van der Waals surface area (Å²) < 4.78 is 5.64. The molecular formula is C16H30O2. The third kappa shape index (κ3) is 3.71. The molecule has 1 aliphatic heterocycles. The molecule has 0 aromatic carbocycles. The normalized spacial score (nSPS) is 33.5. The maximum Gasteiger partial charge on any atom is 0.0576 e. The molecular weight excluding hydrogens is 224 g/mol. The number of rotatable bonds is 5. The Hall–Kier alpha value is -0.0800. The van der Waals surface area contributed by atoms with Crippen LogP contribution in [0.1, 0.15) is 71.6 Å². The molecule has 3 unspecified atom stereocenters. The van der Waals surface area contributed by atoms with E-state index in [0.29, 0.717) is 17.4 Å². The minimum absolute atomic E-state index is 0.0956. The summed E-state index contributed by atoms with van der Waals surface area (Å²) in [5, 5.41) is 10.4. The average Bonchev–Trinajstić information content (AvgIpc) is 2.81. The average molecular weight is 254 g/mol. The van der Waals surface area contributed by atoms with Gasteiger partial charge < -0.3 is 9.84 Å². The monoisotopic (exact) mass is 254 g/mol. The summed E-state index contributed by atoms with van der Waals surface area (Å²) in [6.45, 7) is 5.61. The SMILES string of the molecule is CC1(C)CCCCC1C(O)CCCC1CCCO1. The molecule has 2 rings (SSSR count). The highest BCUT2D eigenvalue weighted by atomic mass is 16.5. The maximum atomic E-state index is 10.4. The van der Waals surface area contributed by atoms with Crippen LogP contribution in [-0.2, 0) is 4.74 Å². The van der Waals surface area contributed by atoms with Crippen molar-refractivity contribution in [3.05, 3.63) is 0 Å². The van der Waals surface area contributed by atoms with E-state index in [0.717, 1.165) is 25.9 Å². The van der Waals surface area contributed by atoms with Gasteiger partial charge in [-0.1, -0.05) is 26.7 Å². The molecule has 2 aliphatic rings. The van der Waals surface area contributed by atoms with E-state index in [1.807, 2.05) is 0 Å². The first-order chi connectivity index (χ1) is 8.59. The van der Waals surface area contributed by atoms with E-state index in [2.05, 4.69) is 13.8 Å². The van der Waals surface area contributed by atoms with Crippen molar-refractivity contribution in [3.8, 4) is 0 Å². The first-order valence-electron chi connectivity index (χ1n) is 7.89. The van der Waals surface area contributed by atoms with Gasteiger partial charge in [0.25, 0.3) is 0 Å². The van der Waals surface area contributed by atoms with Crippen LogP contribution in [0.4, 0.5) is 0 Å². The molecule has 2 heteroatoms. The highest BCUT2D eigenvalue weighted by Gasteiger charge is 2.36. The number of aliphatic hydroxyl groups is 1. The fraction of sp³-hybridized carbons (Fsp3) is 1.00. The van der Waals surface area contributed by atoms with E-state index < -0.39 is 0 Å². The van der Waals surface area contributed by atoms with E-state index in [1.165, 1.54) is 38.5 Å². The molecule has 2 nitrogen and oxygen atoms in total. The van der Waals surface area contributed by atoms with Gasteiger partial charge in [-0.05, 0) is 56.3 Å². The number of hydrogen-bond donors (Lipinski definition) is 1. The zero-order valence-corrected chi connectivity index (χ0v) is 12.2. The van der Waals surface area contributed by atoms with Gasteiger partial charge in [0.05, 0.1) is 12.2 Å². The first-order valence-corrected chi connectivity index (χ1v) is 7.89. The number of ether oxygens (including phenoxy) is 1. The van der Waals surface area contributed by atoms with Gasteiger partial charge in [-0.2, -0.15) is 0 Å². The first kappa shape index (κ1) is 14.3. The van der Waals surface area contributed by atoms with Gasteiger partial charge in [-0.3, -0.25) is 0 Å². The van der Waals surface area contributed by atoms with Crippen molar-refractivity contribution in [2.45, 2.75) is 83.8 Å². The van der Waals surface area contributed by atoms with Crippen LogP contribution >= 0.6 is 0 Å². The third-order valence-corrected chi connectivity index (χ3v) is 5.10. The van der Waals surface area contributed by atoms with Crippen molar-refractivity contribution in [2.75, 3.05) is 6.61 Å². The predicted octanol–water partition coefficient (Wildman–Crippen LogP) is 3.91. The second kappa shape index (κ2) is 6.38. The molecule has 0 aromatic heterocycles. The summed E-state index contributed by atoms with van der Waals surface area (Å²) in [7, 11) is 0. The summed E-state index contributed by atoms with van der Waals surface area (Å²) in [5.74, 6) is 0.510. The second-order valence-corrected chi connectivity index (χ2v) is 6.97. The van der Waals surface area contributed by atoms with Crippen LogP contribution in [0.3, 0.4) is 0 Å². The Labute approximate surface area is 112 Å². The summed E-state index contributed by atoms with van der Waals surface area (Å²) >= 11 is 0. The second-order valence-electron chi connectivity index (χ2n) is 6.97. The van der Waals surface area contributed by atoms with Crippen LogP contribution in [0.15, 0.2) is 0 Å². The van der Waals surface area contributed by atoms with Gasteiger partial charge in [0, 0.05) is 6.61 Å². The lowest BCUT2D eigenvalue weighted by Crippen LogP contribution is -2.36. The zero-order valence-electron chi connectivity index (χ0n) is 12.2. The van der Waals surface area contributed by atoms with Crippen LogP contribution in [0.25, 0.3) is 0 Å². The number of hydrogen-bond acceptors (Lipinski definition) is 2. The van der Waals surface area contributed by atoms with E-state index in [9.17, 15) is 5.11 Å². The minimum Gasteiger partial charge on any atom is -0.393 e. The quantitative estimate of drug-likeness (QED) is 0.806. The fourth-order valence-corrected chi connectivity index (χ4v) is 3.86. The van der Waals surface area contributed by atoms with Crippen molar-refractivity contribution < 1.29 is 9.84 Å². The standard InChI is InChI=1S/C16H30O2/c1-16(2)11-4-3-9-14(16)15(17)10-5-7-13-8-6-12-18-13/h13-15,17H,3-12H2,1-2H3. The lowest BCUT2D eigenvalue weighted by Gasteiger charge is -2.41. The number of aliphatic hydroxyl groups excluding tert-OH is 1. The topological polar surface area (TPSA) is 29.5 Å². The predicted molar refractivity (Wildman–Crippen MR) is 74.6 cm³/mol. The Morgan fingerprint density at radius 2 is 2.06 bits per heavy atom. The van der Waals surface area contributed by atoms with Crippen molar-refractivity contribution in [1.82, 2.24) is 0 Å². The van der Waals surface area contributed by atoms with Gasteiger partial charge in [-0.15, -0.1) is 0 Å². The van der Waals surface area contributed by atoms with Crippen LogP contribution in [0.2, 0.25) is 0 Å². The third-order valence-electron chi connectivity index (χ3n) is 5.10. The van der Waals surface area contributed by atoms with Gasteiger partial charge in [0.15, 0.2) is 0 Å². The molecule has 1 saturated heterocycles. The molecule has 0 aromatic rings. The zero-order chi connectivity index (χ0) is 13.0. The van der Waals surface area contributed by atoms with E-state index >= 15 is 0 Å². The molecule has 106 valence electrons. The summed E-state index contributed by atoms with van der Waals surface area (Å²) in [6.07, 6.45) is 11.2. The Kier molecular flexibility index (Phi) is 5.08. The molecule has 3 atom stereocenters. The van der Waals surface area contributed by atoms with Crippen molar-refractivity contribution in [1.29, 1.82) is 0 Å². The van der Waals surface area contributed by atoms with Crippen LogP contribution < -0.4 is 0 Å². The molecule has 1 aliphatic carbocycles. The molecule has 0 spiro atoms. The smallest absolute Gasteiger partial charge is 0.0576 e. The molecule has 1 saturated carbocycles. The summed E-state index contributed by atoms with van der Waals surface area (Å²) in [6, 6.07) is 0. The van der Waals surface area contributed by atoms with Gasteiger partial charge in [-0.25, -0.2) is 0 Å². The van der Waals surface area contributed by atoms with Crippen molar-refractivity contribution >= 4 is 0 Å². The fourth-order valence-electron chi connectivity index (χ4n) is 3.86. The lowest BCUT2D eigenvalue weighted by molar-refractivity contribution is -0.00270. The van der Waals surface area contributed by atoms with E-state index in [1.54, 1.807) is 0 Å².